The van der Waals surface area contributed by atoms with E-state index < -0.39 is 46.5 Å². The van der Waals surface area contributed by atoms with Gasteiger partial charge < -0.3 is 49.7 Å². The second-order valence-corrected chi connectivity index (χ2v) is 32.2. The number of hydrogen-bond acceptors (Lipinski definition) is 18. The zero-order valence-electron chi connectivity index (χ0n) is 78.5. The third-order valence-corrected chi connectivity index (χ3v) is 21.7. The number of ketones is 2. The van der Waals surface area contributed by atoms with E-state index in [1.807, 2.05) is 159 Å². The number of anilines is 2. The molecule has 0 unspecified atom stereocenters. The van der Waals surface area contributed by atoms with E-state index in [1.54, 1.807) is 159 Å². The van der Waals surface area contributed by atoms with E-state index in [9.17, 15) is 44.7 Å². The fourth-order valence-electron chi connectivity index (χ4n) is 14.8. The zero-order chi connectivity index (χ0) is 100.0. The molecule has 31 heteroatoms. The number of halogens is 8. The second-order valence-electron chi connectivity index (χ2n) is 32.2. The minimum Gasteiger partial charge on any atom is -0.378 e. The van der Waals surface area contributed by atoms with Gasteiger partial charge in [0.25, 0.3) is 0 Å². The minimum absolute atomic E-state index is 0. The van der Waals surface area contributed by atoms with E-state index in [0.717, 1.165) is 127 Å². The van der Waals surface area contributed by atoms with E-state index in [0.29, 0.717) is 97.5 Å². The van der Waals surface area contributed by atoms with Gasteiger partial charge in [0.2, 0.25) is 11.6 Å². The summed E-state index contributed by atoms with van der Waals surface area (Å²) in [4.78, 5) is 90.9. The van der Waals surface area contributed by atoms with Gasteiger partial charge in [-0.25, -0.2) is 0 Å². The Kier molecular flexibility index (Phi) is 40.7. The summed E-state index contributed by atoms with van der Waals surface area (Å²) in [7, 11) is 7.35. The number of carbonyl (C=O) groups is 2. The molecular weight excluding hydrogens is 2800 g/mol. The fourth-order valence-corrected chi connectivity index (χ4v) is 14.8. The van der Waals surface area contributed by atoms with Crippen molar-refractivity contribution in [3.63, 3.8) is 0 Å². The average Bonchev–Trinajstić information content (AvgIpc) is 0.782. The molecule has 0 saturated heterocycles. The molecule has 14 heterocycles. The summed E-state index contributed by atoms with van der Waals surface area (Å²) in [5, 5.41) is 1.09. The van der Waals surface area contributed by atoms with Crippen molar-refractivity contribution >= 4 is 33.8 Å². The van der Waals surface area contributed by atoms with E-state index in [1.165, 1.54) is 0 Å². The molecule has 0 spiro atoms. The third-order valence-electron chi connectivity index (χ3n) is 21.7. The number of fused-ring (bicyclic) bond motifs is 1. The molecule has 21 rings (SSSR count). The maximum Gasteiger partial charge on any atom is 2.00 e. The van der Waals surface area contributed by atoms with Crippen LogP contribution >= 0.6 is 0 Å². The first-order chi connectivity index (χ1) is 70.1. The summed E-state index contributed by atoms with van der Waals surface area (Å²) < 4.78 is 110. The summed E-state index contributed by atoms with van der Waals surface area (Å²) in [5.74, 6) is -6.42. The van der Waals surface area contributed by atoms with Crippen molar-refractivity contribution in [1.29, 1.82) is 0 Å². The van der Waals surface area contributed by atoms with Crippen LogP contribution in [0.4, 0.5) is 46.5 Å². The molecule has 0 amide bonds. The van der Waals surface area contributed by atoms with Crippen molar-refractivity contribution < 1.29 is 150 Å². The van der Waals surface area contributed by atoms with Crippen LogP contribution in [0.3, 0.4) is 0 Å². The average molecular weight is 2880 g/mol. The van der Waals surface area contributed by atoms with Crippen molar-refractivity contribution in [2.45, 2.75) is 12.8 Å². The van der Waals surface area contributed by atoms with E-state index >= 15 is 0 Å². The number of para-hydroxylation sites is 1. The number of hydrogen-bond donors (Lipinski definition) is 0. The Morgan fingerprint density at radius 1 is 0.268 bits per heavy atom. The van der Waals surface area contributed by atoms with Gasteiger partial charge in [0.05, 0.1) is 11.2 Å². The first kappa shape index (κ1) is 112. The molecular formula is C118H74F8N16O2Pt5. The summed E-state index contributed by atoms with van der Waals surface area (Å²) in [6, 6.07) is 111. The van der Waals surface area contributed by atoms with E-state index in [2.05, 4.69) is 145 Å². The number of rotatable bonds is 21. The molecule has 0 fully saturated rings. The van der Waals surface area contributed by atoms with Crippen LogP contribution in [-0.2, 0) is 118 Å². The van der Waals surface area contributed by atoms with Crippen LogP contribution in [0.5, 0.6) is 0 Å². The molecule has 0 bridgehead atoms. The van der Waals surface area contributed by atoms with Gasteiger partial charge >= 0.3 is 105 Å². The zero-order valence-corrected chi connectivity index (χ0v) is 89.8. The number of pyridine rings is 14. The number of carbonyl (C=O) groups excluding carboxylic acids is 2. The molecule has 21 aromatic rings. The molecule has 0 N–H and O–H groups in total. The summed E-state index contributed by atoms with van der Waals surface area (Å²) in [6.07, 6.45) is 16.2. The Bertz CT molecular complexity index is 7630. The van der Waals surface area contributed by atoms with Crippen molar-refractivity contribution in [2.24, 2.45) is 0 Å². The Balaban J connectivity index is 0.000000164. The summed E-state index contributed by atoms with van der Waals surface area (Å²) >= 11 is 0. The molecule has 0 atom stereocenters. The quantitative estimate of drug-likeness (QED) is 0.0371. The first-order valence-corrected chi connectivity index (χ1v) is 44.5. The van der Waals surface area contributed by atoms with Crippen molar-refractivity contribution in [1.82, 2.24) is 69.8 Å². The van der Waals surface area contributed by atoms with Crippen LogP contribution in [0, 0.1) is 107 Å². The Labute approximate surface area is 925 Å². The molecule has 0 radical (unpaired) electrons. The molecule has 149 heavy (non-hydrogen) atoms. The number of benzene rings is 7. The predicted octanol–water partition coefficient (Wildman–Crippen LogP) is 24.3. The maximum absolute atomic E-state index is 14.5. The molecule has 744 valence electrons. The van der Waals surface area contributed by atoms with E-state index in [-0.39, 0.29) is 146 Å². The first-order valence-electron chi connectivity index (χ1n) is 44.5. The summed E-state index contributed by atoms with van der Waals surface area (Å²) in [5.41, 5.74) is 18.7. The largest absolute Gasteiger partial charge is 2.00 e. The number of nitrogens with zero attached hydrogens (tertiary/aromatic N) is 16. The molecule has 0 aliphatic heterocycles. The maximum atomic E-state index is 14.5. The number of aromatic nitrogens is 14. The van der Waals surface area contributed by atoms with Gasteiger partial charge in [-0.1, -0.05) is 211 Å². The molecule has 18 nitrogen and oxygen atoms in total. The fraction of sp³-hybridized carbons (Fsp3) is 0.0508. The predicted molar refractivity (Wildman–Crippen MR) is 534 cm³/mol. The van der Waals surface area contributed by atoms with Gasteiger partial charge in [-0.15, -0.1) is 191 Å². The Morgan fingerprint density at radius 2 is 0.604 bits per heavy atom. The topological polar surface area (TPSA) is 221 Å². The van der Waals surface area contributed by atoms with Crippen LogP contribution in [0.2, 0.25) is 0 Å². The monoisotopic (exact) mass is 2870 g/mol. The van der Waals surface area contributed by atoms with Crippen LogP contribution in [0.25, 0.3) is 135 Å². The van der Waals surface area contributed by atoms with Gasteiger partial charge in [0.15, 0.2) is 0 Å². The van der Waals surface area contributed by atoms with Crippen LogP contribution in [0.15, 0.2) is 353 Å². The van der Waals surface area contributed by atoms with Crippen molar-refractivity contribution in [2.75, 3.05) is 38.0 Å². The smallest absolute Gasteiger partial charge is 0.378 e. The van der Waals surface area contributed by atoms with Crippen molar-refractivity contribution in [3.05, 3.63) is 506 Å². The van der Waals surface area contributed by atoms with Crippen LogP contribution < -0.4 is 9.80 Å². The van der Waals surface area contributed by atoms with Gasteiger partial charge in [0, 0.05) is 127 Å². The van der Waals surface area contributed by atoms with Crippen LogP contribution in [0.1, 0.15) is 55.1 Å². The minimum atomic E-state index is -0.767. The normalized spacial score (nSPS) is 10.4. The Hall–Kier alpha value is -15.3. The third kappa shape index (κ3) is 29.4. The van der Waals surface area contributed by atoms with Gasteiger partial charge in [0.1, 0.15) is 22.8 Å². The van der Waals surface area contributed by atoms with Gasteiger partial charge in [-0.3, -0.25) is 74.6 Å². The molecule has 0 aliphatic carbocycles. The summed E-state index contributed by atoms with van der Waals surface area (Å²) in [6.45, 7) is 0. The second kappa shape index (κ2) is 53.9. The van der Waals surface area contributed by atoms with Gasteiger partial charge in [-0.05, 0) is 129 Å². The standard InChI is InChI=1S/C27H22F4N4.C26H16N2.C23H12F4N2.2C21H12N4O.5Pt/c1-34(2)20-12-18(32-26(14-20)22-7-5-16(28)9-24(22)30)11-19-13-21(35(3)4)15-27(33-19)23-8-6-17(29)10-25(23)31;1-3-9-19(10-4-1)23-15-8-16-25(27-23)22-14-7-13-21-17-18-24(28-26(21)22)20-11-5-2-6-12-20;24-14-7-9-18(20(26)11-14)22-5-1-3-16(28-22)13-17-4-2-6-23(29-17)19-10-8-15(25)12-21(19)27;2*26-21(19-9-1-7-17(24-19)15-5-3-11-22-13-15)20-10-2-8-18(25-20)16-6-4-12-23-14-16;;;;;/h5-6,9-10,12-15H,11H2,1-4H3;1-9,11,13-18H;1-8,11-12H,13H2;1-4,7-14H;1-12H;;;;;/q5*-2;5*+2. The molecule has 0 saturated carbocycles. The SMILES string of the molecule is CN(C)c1cc(Cc2cc(N(C)C)cc(-c3[c-]cc(F)cc3F)n2)nc(-c2[c-]cc(F)cc2F)c1.Fc1c[c-]c(-c2cccc(Cc3cccc(-c4[c-]cc(F)cc4F)n3)n2)c(F)c1.O=C(c1cccc(-c2[c-]ccnc2)n1)c1cccc(-c2[c-]ccnc2)n1.O=C(c1cccc(-c2[c-]nccc2)n1)c1cccc(-c2[c-]nccc2)n1.[Pt+2].[Pt+2].[Pt+2].[Pt+2].[Pt+2].[c-]1ccccc1-c1cccc(-c2cccc3ccc(-c4[c-]cccc4)nc23)n1. The Morgan fingerprint density at radius 3 is 0.973 bits per heavy atom. The van der Waals surface area contributed by atoms with E-state index in [4.69, 9.17) is 9.97 Å². The molecule has 0 aliphatic rings. The van der Waals surface area contributed by atoms with Crippen LogP contribution in [-0.4, -0.2) is 110 Å². The molecule has 7 aromatic carbocycles. The van der Waals surface area contributed by atoms with Gasteiger partial charge in [-0.2, -0.15) is 0 Å². The van der Waals surface area contributed by atoms with Crippen molar-refractivity contribution in [3.8, 4) is 124 Å². The molecule has 14 aromatic heterocycles.